The normalized spacial score (nSPS) is 51.6. The lowest BCUT2D eigenvalue weighted by atomic mass is 9.34. The summed E-state index contributed by atoms with van der Waals surface area (Å²) >= 11 is 0. The molecule has 0 aromatic carbocycles. The van der Waals surface area contributed by atoms with Gasteiger partial charge in [-0.05, 0) is 124 Å². The van der Waals surface area contributed by atoms with Crippen molar-refractivity contribution in [1.29, 1.82) is 0 Å². The van der Waals surface area contributed by atoms with Gasteiger partial charge in [-0.25, -0.2) is 0 Å². The molecule has 7 aliphatic rings. The second-order valence-electron chi connectivity index (χ2n) is 23.7. The maximum Gasteiger partial charge on any atom is 0.302 e. The van der Waals surface area contributed by atoms with E-state index in [9.17, 15) is 61.0 Å². The number of hydrogen-bond acceptors (Lipinski definition) is 19. The Balaban J connectivity index is 1.28. The highest BCUT2D eigenvalue weighted by atomic mass is 16.8. The first-order chi connectivity index (χ1) is 32.1. The number of carbonyl (C=O) groups is 1. The molecule has 19 heteroatoms. The summed E-state index contributed by atoms with van der Waals surface area (Å²) in [6.45, 7) is 18.2. The van der Waals surface area contributed by atoms with E-state index >= 15 is 0 Å². The number of allylic oxidation sites excluding steroid dienone is 2. The summed E-state index contributed by atoms with van der Waals surface area (Å²) in [6.07, 6.45) is -18.9. The minimum atomic E-state index is -1.77. The summed E-state index contributed by atoms with van der Waals surface area (Å²) < 4.78 is 43.7. The van der Waals surface area contributed by atoms with Gasteiger partial charge in [-0.15, -0.1) is 0 Å². The molecule has 0 radical (unpaired) electrons. The smallest absolute Gasteiger partial charge is 0.302 e. The lowest BCUT2D eigenvalue weighted by Crippen LogP contribution is -2.71. The highest BCUT2D eigenvalue weighted by Crippen LogP contribution is 2.76. The van der Waals surface area contributed by atoms with Gasteiger partial charge in [0.15, 0.2) is 18.9 Å². The molecule has 0 spiro atoms. The Hall–Kier alpha value is -1.47. The van der Waals surface area contributed by atoms with Crippen LogP contribution < -0.4 is 0 Å². The van der Waals surface area contributed by atoms with Gasteiger partial charge in [0.25, 0.3) is 0 Å². The second-order valence-corrected chi connectivity index (χ2v) is 23.7. The zero-order valence-electron chi connectivity index (χ0n) is 42.0. The van der Waals surface area contributed by atoms with Gasteiger partial charge >= 0.3 is 5.97 Å². The van der Waals surface area contributed by atoms with Crippen molar-refractivity contribution >= 4 is 5.97 Å². The van der Waals surface area contributed by atoms with E-state index in [2.05, 4.69) is 26.8 Å². The molecule has 3 saturated heterocycles. The van der Waals surface area contributed by atoms with Crippen molar-refractivity contribution in [2.75, 3.05) is 13.2 Å². The van der Waals surface area contributed by atoms with Gasteiger partial charge < -0.3 is 89.3 Å². The molecule has 69 heavy (non-hydrogen) atoms. The van der Waals surface area contributed by atoms with E-state index in [0.717, 1.165) is 5.57 Å². The van der Waals surface area contributed by atoms with Gasteiger partial charge in [0, 0.05) is 6.92 Å². The van der Waals surface area contributed by atoms with E-state index in [4.69, 9.17) is 33.2 Å². The van der Waals surface area contributed by atoms with Crippen molar-refractivity contribution in [3.05, 3.63) is 11.6 Å². The van der Waals surface area contributed by atoms with Gasteiger partial charge in [0.1, 0.15) is 73.8 Å². The SMILES string of the molecule is CC(=O)OC[C@H]1O[C@@H](O[C@H]2C[C@]3(C)[C@H](C[C@@H](O)[C@@H]4[C@@H]([C@](C)(CCC=C(C)C)O[C@@H]5O[C@H](CO)[C@@H](O)[C@H](O)[C@H]5O)CC[C@]43C)[C@@]3(C)CC[C@H](O)C(C)(C)[C@H]23)[C@H](O[C@@H]2O[C@@H](C)[C@H](O)[C@@H](O)[C@H]2O)[C@@H](O)[C@@H]1O. The van der Waals surface area contributed by atoms with E-state index in [1.54, 1.807) is 0 Å². The van der Waals surface area contributed by atoms with E-state index in [1.165, 1.54) is 13.8 Å². The van der Waals surface area contributed by atoms with Crippen LogP contribution in [0.4, 0.5) is 0 Å². The standard InChI is InChI=1S/C50H84O19/c1-22(2)12-11-15-50(10,69-44-40(62)37(59)34(56)28(20-51)66-44)25-13-17-48(8)32(25)26(53)18-30-47(7)16-14-31(54)46(5,6)42(47)27(19-49(30,48)9)65-45-41(38(60)35(57)29(67-45)21-63-24(4)52)68-43-39(61)36(58)33(55)23(3)64-43/h12,23,25-45,51,53-62H,11,13-21H2,1-10H3/t23-,25-,26+,27-,28+,29+,30+,31-,32-,33-,34+,35+,36+,37-,38-,39+,40+,41+,42-,43-,44-,45+,47+,48+,49+,50-/m0/s1. The predicted octanol–water partition coefficient (Wildman–Crippen LogP) is 0.542. The van der Waals surface area contributed by atoms with Crippen LogP contribution in [-0.4, -0.2) is 191 Å². The first kappa shape index (κ1) is 55.3. The minimum absolute atomic E-state index is 0.108. The zero-order chi connectivity index (χ0) is 51.1. The number of hydrogen-bond donors (Lipinski definition) is 11. The first-order valence-corrected chi connectivity index (χ1v) is 25.2. The summed E-state index contributed by atoms with van der Waals surface area (Å²) in [5, 5.41) is 123. The third-order valence-corrected chi connectivity index (χ3v) is 18.9. The van der Waals surface area contributed by atoms with Crippen LogP contribution >= 0.6 is 0 Å². The molecule has 398 valence electrons. The highest BCUT2D eigenvalue weighted by Gasteiger charge is 2.74. The third-order valence-electron chi connectivity index (χ3n) is 18.9. The molecule has 7 rings (SSSR count). The molecule has 0 bridgehead atoms. The Morgan fingerprint density at radius 3 is 1.99 bits per heavy atom. The zero-order valence-corrected chi connectivity index (χ0v) is 42.0. The van der Waals surface area contributed by atoms with Crippen molar-refractivity contribution in [3.8, 4) is 0 Å². The molecule has 7 fully saturated rings. The van der Waals surface area contributed by atoms with Crippen LogP contribution in [0.3, 0.4) is 0 Å². The minimum Gasteiger partial charge on any atom is -0.463 e. The van der Waals surface area contributed by atoms with Gasteiger partial charge in [-0.2, -0.15) is 0 Å². The van der Waals surface area contributed by atoms with Crippen molar-refractivity contribution in [3.63, 3.8) is 0 Å². The molecule has 4 saturated carbocycles. The molecule has 3 heterocycles. The Labute approximate surface area is 406 Å². The molecule has 0 aromatic rings. The molecular weight excluding hydrogens is 905 g/mol. The molecule has 11 N–H and O–H groups in total. The molecule has 26 atom stereocenters. The Morgan fingerprint density at radius 2 is 1.35 bits per heavy atom. The van der Waals surface area contributed by atoms with Crippen LogP contribution in [-0.2, 0) is 38.0 Å². The second kappa shape index (κ2) is 20.3. The number of carbonyl (C=O) groups excluding carboxylic acids is 1. The van der Waals surface area contributed by atoms with Crippen LogP contribution in [0.2, 0.25) is 0 Å². The maximum absolute atomic E-state index is 12.8. The molecule has 3 aliphatic heterocycles. The summed E-state index contributed by atoms with van der Waals surface area (Å²) in [5.74, 6) is -1.86. The molecule has 4 aliphatic carbocycles. The molecule has 0 unspecified atom stereocenters. The summed E-state index contributed by atoms with van der Waals surface area (Å²) in [6, 6.07) is 0. The summed E-state index contributed by atoms with van der Waals surface area (Å²) in [5.41, 5.74) is -2.55. The van der Waals surface area contributed by atoms with E-state index in [1.807, 2.05) is 34.6 Å². The lowest BCUT2D eigenvalue weighted by molar-refractivity contribution is -0.382. The molecule has 19 nitrogen and oxygen atoms in total. The Morgan fingerprint density at radius 1 is 0.725 bits per heavy atom. The monoisotopic (exact) mass is 989 g/mol. The van der Waals surface area contributed by atoms with Crippen molar-refractivity contribution in [1.82, 2.24) is 0 Å². The summed E-state index contributed by atoms with van der Waals surface area (Å²) in [4.78, 5) is 12.0. The van der Waals surface area contributed by atoms with Gasteiger partial charge in [-0.1, -0.05) is 46.3 Å². The van der Waals surface area contributed by atoms with Crippen LogP contribution in [0.5, 0.6) is 0 Å². The molecule has 0 aromatic heterocycles. The van der Waals surface area contributed by atoms with E-state index in [0.29, 0.717) is 51.4 Å². The first-order valence-electron chi connectivity index (χ1n) is 25.2. The van der Waals surface area contributed by atoms with Gasteiger partial charge in [-0.3, -0.25) is 4.79 Å². The van der Waals surface area contributed by atoms with Crippen LogP contribution in [0.25, 0.3) is 0 Å². The predicted molar refractivity (Wildman–Crippen MR) is 243 cm³/mol. The fourth-order valence-electron chi connectivity index (χ4n) is 15.1. The fraction of sp³-hybridized carbons (Fsp3) is 0.940. The largest absolute Gasteiger partial charge is 0.463 e. The highest BCUT2D eigenvalue weighted by molar-refractivity contribution is 5.65. The van der Waals surface area contributed by atoms with Gasteiger partial charge in [0.2, 0.25) is 0 Å². The maximum atomic E-state index is 12.8. The van der Waals surface area contributed by atoms with Crippen LogP contribution in [0.1, 0.15) is 121 Å². The Bertz CT molecular complexity index is 1810. The van der Waals surface area contributed by atoms with E-state index in [-0.39, 0.29) is 17.8 Å². The number of esters is 1. The summed E-state index contributed by atoms with van der Waals surface area (Å²) in [7, 11) is 0. The molecular formula is C50H84O19. The van der Waals surface area contributed by atoms with Crippen molar-refractivity contribution in [2.24, 2.45) is 45.3 Å². The van der Waals surface area contributed by atoms with Crippen molar-refractivity contribution in [2.45, 2.75) is 237 Å². The Kier molecular flexibility index (Phi) is 16.3. The fourth-order valence-corrected chi connectivity index (χ4v) is 15.1. The van der Waals surface area contributed by atoms with Crippen molar-refractivity contribution < 1.29 is 94.1 Å². The van der Waals surface area contributed by atoms with Crippen LogP contribution in [0, 0.1) is 45.3 Å². The topological polar surface area (TPSA) is 304 Å². The lowest BCUT2D eigenvalue weighted by Gasteiger charge is -2.72. The number of aliphatic hydroxyl groups excluding tert-OH is 11. The van der Waals surface area contributed by atoms with Crippen LogP contribution in [0.15, 0.2) is 11.6 Å². The van der Waals surface area contributed by atoms with E-state index < -0.39 is 163 Å². The molecule has 0 amide bonds. The number of ether oxygens (including phenoxy) is 7. The quantitative estimate of drug-likeness (QED) is 0.0682. The third kappa shape index (κ3) is 9.64. The average Bonchev–Trinajstić information content (AvgIpc) is 3.66. The number of rotatable bonds is 13. The van der Waals surface area contributed by atoms with Gasteiger partial charge in [0.05, 0.1) is 36.6 Å². The number of aliphatic hydroxyl groups is 11. The number of fused-ring (bicyclic) bond motifs is 5. The average molecular weight is 989 g/mol.